The third-order valence-corrected chi connectivity index (χ3v) is 4.66. The number of hydrazine groups is 1. The number of halogens is 5. The summed E-state index contributed by atoms with van der Waals surface area (Å²) in [7, 11) is 0. The zero-order valence-electron chi connectivity index (χ0n) is 9.23. The van der Waals surface area contributed by atoms with Crippen molar-refractivity contribution in [3.8, 4) is 0 Å². The summed E-state index contributed by atoms with van der Waals surface area (Å²) in [6.07, 6.45) is -0.260. The summed E-state index contributed by atoms with van der Waals surface area (Å²) in [6, 6.07) is -0.222. The van der Waals surface area contributed by atoms with Gasteiger partial charge in [-0.05, 0) is 13.8 Å². The van der Waals surface area contributed by atoms with Gasteiger partial charge in [0.1, 0.15) is 0 Å². The Morgan fingerprint density at radius 3 is 2.17 bits per heavy atom. The van der Waals surface area contributed by atoms with E-state index in [1.807, 2.05) is 0 Å². The Kier molecular flexibility index (Phi) is 4.71. The highest BCUT2D eigenvalue weighted by Gasteiger charge is 2.61. The monoisotopic (exact) mass is 356 g/mol. The second kappa shape index (κ2) is 5.25. The minimum atomic E-state index is -2.13. The number of hydrogen-bond acceptors (Lipinski definition) is 4. The van der Waals surface area contributed by atoms with Gasteiger partial charge in [-0.2, -0.15) is 5.10 Å². The molecule has 0 N–H and O–H groups in total. The molecule has 0 saturated carbocycles. The molecule has 1 aliphatic rings. The van der Waals surface area contributed by atoms with Gasteiger partial charge in [-0.1, -0.05) is 63.0 Å². The lowest BCUT2D eigenvalue weighted by Gasteiger charge is -2.38. The summed E-state index contributed by atoms with van der Waals surface area (Å²) >= 11 is 29.0. The molecule has 0 radical (unpaired) electrons. The first-order valence-electron chi connectivity index (χ1n) is 4.69. The second-order valence-corrected chi connectivity index (χ2v) is 7.48. The van der Waals surface area contributed by atoms with Crippen LogP contribution in [0.4, 0.5) is 0 Å². The lowest BCUT2D eigenvalue weighted by Crippen LogP contribution is -2.59. The number of alkyl halides is 5. The number of rotatable bonds is 3. The SMILES string of the molecule is CC(C)N1N=CN([N+](=O)[O-])C1C(Cl)(Cl)C(Cl)(Cl)Cl. The van der Waals surface area contributed by atoms with Gasteiger partial charge in [0.15, 0.2) is 11.4 Å². The molecule has 0 aromatic carbocycles. The molecule has 11 heteroatoms. The molecule has 104 valence electrons. The molecule has 0 aliphatic carbocycles. The maximum atomic E-state index is 10.9. The molecule has 0 bridgehead atoms. The minimum absolute atomic E-state index is 0.222. The molecule has 1 aliphatic heterocycles. The summed E-state index contributed by atoms with van der Waals surface area (Å²) in [5.41, 5.74) is 0. The third kappa shape index (κ3) is 2.82. The van der Waals surface area contributed by atoms with Gasteiger partial charge in [0.2, 0.25) is 14.3 Å². The van der Waals surface area contributed by atoms with Crippen molar-refractivity contribution in [3.05, 3.63) is 10.1 Å². The number of nitrogens with zero attached hydrogens (tertiary/aromatic N) is 4. The smallest absolute Gasteiger partial charge is 0.227 e. The topological polar surface area (TPSA) is 62.0 Å². The summed E-state index contributed by atoms with van der Waals surface area (Å²) in [5.74, 6) is 0. The molecular weight excluding hydrogens is 349 g/mol. The van der Waals surface area contributed by atoms with Gasteiger partial charge >= 0.3 is 0 Å². The lowest BCUT2D eigenvalue weighted by molar-refractivity contribution is -0.639. The summed E-state index contributed by atoms with van der Waals surface area (Å²) in [6.45, 7) is 3.49. The molecule has 0 spiro atoms. The first kappa shape index (κ1) is 16.2. The van der Waals surface area contributed by atoms with Crippen LogP contribution in [0.15, 0.2) is 5.10 Å². The van der Waals surface area contributed by atoms with E-state index in [1.165, 1.54) is 5.01 Å². The molecule has 1 unspecified atom stereocenters. The summed E-state index contributed by atoms with van der Waals surface area (Å²) < 4.78 is -4.18. The van der Waals surface area contributed by atoms with E-state index in [2.05, 4.69) is 5.10 Å². The van der Waals surface area contributed by atoms with E-state index in [9.17, 15) is 10.1 Å². The average molecular weight is 358 g/mol. The predicted molar refractivity (Wildman–Crippen MR) is 72.8 cm³/mol. The molecule has 0 aromatic heterocycles. The normalized spacial score (nSPS) is 21.0. The van der Waals surface area contributed by atoms with Crippen LogP contribution in [0.5, 0.6) is 0 Å². The van der Waals surface area contributed by atoms with E-state index in [0.29, 0.717) is 5.01 Å². The Labute approximate surface area is 128 Å². The van der Waals surface area contributed by atoms with E-state index in [0.717, 1.165) is 6.34 Å². The van der Waals surface area contributed by atoms with E-state index in [-0.39, 0.29) is 6.04 Å². The summed E-state index contributed by atoms with van der Waals surface area (Å²) in [5, 5.41) is 15.9. The van der Waals surface area contributed by atoms with Gasteiger partial charge in [-0.25, -0.2) is 10.1 Å². The molecule has 0 saturated heterocycles. The standard InChI is InChI=1S/C7H9Cl5N4O2/c1-4(2)15-5(6(8,9)7(10,11)12)14(3-13-15)16(17)18/h3-5H,1-2H3. The van der Waals surface area contributed by atoms with Crippen molar-refractivity contribution in [1.29, 1.82) is 0 Å². The largest absolute Gasteiger partial charge is 0.261 e. The van der Waals surface area contributed by atoms with Gasteiger partial charge in [-0.3, -0.25) is 5.01 Å². The van der Waals surface area contributed by atoms with Gasteiger partial charge in [0, 0.05) is 6.04 Å². The van der Waals surface area contributed by atoms with Crippen LogP contribution in [-0.4, -0.2) is 41.7 Å². The van der Waals surface area contributed by atoms with E-state index >= 15 is 0 Å². The Balaban J connectivity index is 3.18. The highest BCUT2D eigenvalue weighted by molar-refractivity contribution is 6.75. The van der Waals surface area contributed by atoms with Crippen LogP contribution >= 0.6 is 58.0 Å². The molecule has 1 heterocycles. The first-order valence-corrected chi connectivity index (χ1v) is 6.58. The molecular formula is C7H9Cl5N4O2. The van der Waals surface area contributed by atoms with E-state index < -0.39 is 19.3 Å². The number of hydrogen-bond donors (Lipinski definition) is 0. The fraction of sp³-hybridized carbons (Fsp3) is 0.857. The van der Waals surface area contributed by atoms with Crippen LogP contribution in [0, 0.1) is 10.1 Å². The second-order valence-electron chi connectivity index (χ2n) is 3.82. The number of nitro groups is 1. The number of hydrazone groups is 1. The van der Waals surface area contributed by atoms with Crippen LogP contribution in [0.25, 0.3) is 0 Å². The Morgan fingerprint density at radius 1 is 1.33 bits per heavy atom. The lowest BCUT2D eigenvalue weighted by atomic mass is 10.2. The van der Waals surface area contributed by atoms with Crippen LogP contribution in [-0.2, 0) is 0 Å². The Hall–Kier alpha value is 0.120. The maximum Gasteiger partial charge on any atom is 0.227 e. The minimum Gasteiger partial charge on any atom is -0.261 e. The van der Waals surface area contributed by atoms with Crippen molar-refractivity contribution in [1.82, 2.24) is 10.0 Å². The first-order chi connectivity index (χ1) is 8.00. The fourth-order valence-corrected chi connectivity index (χ4v) is 2.08. The van der Waals surface area contributed by atoms with Gasteiger partial charge in [0.25, 0.3) is 0 Å². The highest BCUT2D eigenvalue weighted by atomic mass is 35.6. The molecule has 1 rings (SSSR count). The Morgan fingerprint density at radius 2 is 1.83 bits per heavy atom. The van der Waals surface area contributed by atoms with Crippen molar-refractivity contribution in [2.24, 2.45) is 5.10 Å². The molecule has 0 aromatic rings. The summed E-state index contributed by atoms with van der Waals surface area (Å²) in [4.78, 5) is 10.9. The predicted octanol–water partition coefficient (Wildman–Crippen LogP) is 3.02. The van der Waals surface area contributed by atoms with Gasteiger partial charge in [0.05, 0.1) is 0 Å². The van der Waals surface area contributed by atoms with Crippen LogP contribution in [0.1, 0.15) is 13.8 Å². The maximum absolute atomic E-state index is 10.9. The van der Waals surface area contributed by atoms with Crippen molar-refractivity contribution in [2.45, 2.75) is 34.2 Å². The highest BCUT2D eigenvalue weighted by Crippen LogP contribution is 2.51. The zero-order chi connectivity index (χ0) is 14.3. The van der Waals surface area contributed by atoms with E-state index in [1.54, 1.807) is 13.8 Å². The van der Waals surface area contributed by atoms with Gasteiger partial charge < -0.3 is 0 Å². The van der Waals surface area contributed by atoms with Crippen molar-refractivity contribution in [2.75, 3.05) is 0 Å². The molecule has 1 atom stereocenters. The molecule has 0 amide bonds. The van der Waals surface area contributed by atoms with Crippen LogP contribution in [0.3, 0.4) is 0 Å². The average Bonchev–Trinajstić information content (AvgIpc) is 2.59. The zero-order valence-corrected chi connectivity index (χ0v) is 13.0. The fourth-order valence-electron chi connectivity index (χ4n) is 1.39. The van der Waals surface area contributed by atoms with Crippen molar-refractivity contribution in [3.63, 3.8) is 0 Å². The van der Waals surface area contributed by atoms with Crippen molar-refractivity contribution >= 4 is 64.3 Å². The Bertz CT molecular complexity index is 369. The molecule has 18 heavy (non-hydrogen) atoms. The van der Waals surface area contributed by atoms with Crippen molar-refractivity contribution < 1.29 is 5.03 Å². The third-order valence-electron chi connectivity index (χ3n) is 2.22. The van der Waals surface area contributed by atoms with Gasteiger partial charge in [-0.15, -0.1) is 0 Å². The van der Waals surface area contributed by atoms with E-state index in [4.69, 9.17) is 58.0 Å². The molecule has 6 nitrogen and oxygen atoms in total. The molecule has 0 fully saturated rings. The van der Waals surface area contributed by atoms with Crippen LogP contribution in [0.2, 0.25) is 0 Å². The van der Waals surface area contributed by atoms with Crippen LogP contribution < -0.4 is 0 Å². The quantitative estimate of drug-likeness (QED) is 0.442.